The van der Waals surface area contributed by atoms with E-state index in [1.807, 2.05) is 6.07 Å². The lowest BCUT2D eigenvalue weighted by atomic mass is 10.2. The van der Waals surface area contributed by atoms with Crippen LogP contribution in [0.25, 0.3) is 11.3 Å². The molecule has 5 heteroatoms. The molecule has 0 spiro atoms. The minimum atomic E-state index is 0.266. The van der Waals surface area contributed by atoms with E-state index in [1.165, 1.54) is 0 Å². The Morgan fingerprint density at radius 2 is 2.14 bits per heavy atom. The van der Waals surface area contributed by atoms with Crippen molar-refractivity contribution in [1.29, 1.82) is 0 Å². The number of halogens is 1. The molecule has 0 amide bonds. The highest BCUT2D eigenvalue weighted by Crippen LogP contribution is 2.19. The number of nitrogens with two attached hydrogens (primary N) is 1. The smallest absolute Gasteiger partial charge is 0.220 e. The molecule has 0 aromatic carbocycles. The fourth-order valence-corrected chi connectivity index (χ4v) is 1.45. The maximum absolute atomic E-state index is 5.48. The van der Waals surface area contributed by atoms with Gasteiger partial charge in [0.2, 0.25) is 5.95 Å². The number of hydrogen-bond donors (Lipinski definition) is 1. The molecular weight excluding hydrogens is 244 g/mol. The average Bonchev–Trinajstić information content (AvgIpc) is 2.18. The number of hydrogen-bond acceptors (Lipinski definition) is 4. The molecule has 0 fully saturated rings. The minimum Gasteiger partial charge on any atom is -0.368 e. The SMILES string of the molecule is Nc1nccc(-c2cncc(Br)c2)n1. The molecule has 0 aliphatic rings. The number of pyridine rings is 1. The monoisotopic (exact) mass is 250 g/mol. The Kier molecular flexibility index (Phi) is 2.41. The first-order chi connectivity index (χ1) is 6.75. The van der Waals surface area contributed by atoms with Crippen LogP contribution >= 0.6 is 15.9 Å². The van der Waals surface area contributed by atoms with Gasteiger partial charge in [-0.1, -0.05) is 0 Å². The Morgan fingerprint density at radius 1 is 1.29 bits per heavy atom. The molecule has 4 nitrogen and oxygen atoms in total. The highest BCUT2D eigenvalue weighted by molar-refractivity contribution is 9.10. The lowest BCUT2D eigenvalue weighted by Gasteiger charge is -2.00. The van der Waals surface area contributed by atoms with Crippen molar-refractivity contribution < 1.29 is 0 Å². The Bertz CT molecular complexity index is 415. The standard InChI is InChI=1S/C9H7BrN4/c10-7-3-6(4-12-5-7)8-1-2-13-9(11)14-8/h1-5H,(H2,11,13,14). The van der Waals surface area contributed by atoms with Gasteiger partial charge in [-0.3, -0.25) is 4.98 Å². The van der Waals surface area contributed by atoms with Gasteiger partial charge < -0.3 is 5.73 Å². The molecular formula is C9H7BrN4. The Balaban J connectivity index is 2.49. The molecule has 14 heavy (non-hydrogen) atoms. The van der Waals surface area contributed by atoms with E-state index < -0.39 is 0 Å². The first-order valence-electron chi connectivity index (χ1n) is 3.95. The summed E-state index contributed by atoms with van der Waals surface area (Å²) in [5, 5.41) is 0. The van der Waals surface area contributed by atoms with Crippen molar-refractivity contribution in [3.63, 3.8) is 0 Å². The second-order valence-corrected chi connectivity index (χ2v) is 3.61. The summed E-state index contributed by atoms with van der Waals surface area (Å²) in [4.78, 5) is 12.0. The molecule has 70 valence electrons. The fraction of sp³-hybridized carbons (Fsp3) is 0. The largest absolute Gasteiger partial charge is 0.368 e. The number of rotatable bonds is 1. The van der Waals surface area contributed by atoms with E-state index in [4.69, 9.17) is 5.73 Å². The van der Waals surface area contributed by atoms with Crippen LogP contribution in [0.3, 0.4) is 0 Å². The van der Waals surface area contributed by atoms with Crippen molar-refractivity contribution in [1.82, 2.24) is 15.0 Å². The first-order valence-corrected chi connectivity index (χ1v) is 4.74. The molecule has 0 atom stereocenters. The van der Waals surface area contributed by atoms with Crippen molar-refractivity contribution in [3.8, 4) is 11.3 Å². The molecule has 0 saturated heterocycles. The van der Waals surface area contributed by atoms with Crippen molar-refractivity contribution >= 4 is 21.9 Å². The van der Waals surface area contributed by atoms with Crippen LogP contribution in [0, 0.1) is 0 Å². The summed E-state index contributed by atoms with van der Waals surface area (Å²) in [7, 11) is 0. The summed E-state index contributed by atoms with van der Waals surface area (Å²) in [6.07, 6.45) is 5.07. The van der Waals surface area contributed by atoms with Gasteiger partial charge in [0.1, 0.15) is 0 Å². The number of anilines is 1. The Hall–Kier alpha value is -1.49. The summed E-state index contributed by atoms with van der Waals surface area (Å²) >= 11 is 3.34. The number of nitrogens with zero attached hydrogens (tertiary/aromatic N) is 3. The first kappa shape index (κ1) is 9.08. The number of aromatic nitrogens is 3. The average molecular weight is 251 g/mol. The molecule has 0 aliphatic heterocycles. The third kappa shape index (κ3) is 1.88. The fourth-order valence-electron chi connectivity index (χ4n) is 1.09. The predicted molar refractivity (Wildman–Crippen MR) is 57.4 cm³/mol. The summed E-state index contributed by atoms with van der Waals surface area (Å²) in [6.45, 7) is 0. The van der Waals surface area contributed by atoms with Crippen LogP contribution in [0.2, 0.25) is 0 Å². The molecule has 2 N–H and O–H groups in total. The van der Waals surface area contributed by atoms with Gasteiger partial charge in [0.05, 0.1) is 5.69 Å². The molecule has 2 rings (SSSR count). The molecule has 0 saturated carbocycles. The van der Waals surface area contributed by atoms with Gasteiger partial charge in [-0.05, 0) is 28.1 Å². The van der Waals surface area contributed by atoms with Gasteiger partial charge >= 0.3 is 0 Å². The normalized spacial score (nSPS) is 10.1. The maximum Gasteiger partial charge on any atom is 0.220 e. The summed E-state index contributed by atoms with van der Waals surface area (Å²) in [5.41, 5.74) is 7.16. The zero-order valence-corrected chi connectivity index (χ0v) is 8.77. The Labute approximate surface area is 89.4 Å². The highest BCUT2D eigenvalue weighted by atomic mass is 79.9. The van der Waals surface area contributed by atoms with E-state index in [-0.39, 0.29) is 5.95 Å². The van der Waals surface area contributed by atoms with Crippen LogP contribution in [0.4, 0.5) is 5.95 Å². The second-order valence-electron chi connectivity index (χ2n) is 2.69. The summed E-state index contributed by atoms with van der Waals surface area (Å²) < 4.78 is 0.909. The van der Waals surface area contributed by atoms with Crippen molar-refractivity contribution in [2.45, 2.75) is 0 Å². The van der Waals surface area contributed by atoms with Gasteiger partial charge in [0.25, 0.3) is 0 Å². The number of nitrogen functional groups attached to an aromatic ring is 1. The van der Waals surface area contributed by atoms with E-state index in [1.54, 1.807) is 24.7 Å². The molecule has 2 aromatic heterocycles. The van der Waals surface area contributed by atoms with Crippen LogP contribution in [0.15, 0.2) is 35.2 Å². The molecule has 2 aromatic rings. The zero-order valence-electron chi connectivity index (χ0n) is 7.18. The lowest BCUT2D eigenvalue weighted by Crippen LogP contribution is -1.95. The topological polar surface area (TPSA) is 64.7 Å². The molecule has 0 unspecified atom stereocenters. The van der Waals surface area contributed by atoms with E-state index >= 15 is 0 Å². The second kappa shape index (κ2) is 3.71. The third-order valence-corrected chi connectivity index (χ3v) is 2.11. The van der Waals surface area contributed by atoms with E-state index in [0.717, 1.165) is 15.7 Å². The van der Waals surface area contributed by atoms with Crippen molar-refractivity contribution in [2.24, 2.45) is 0 Å². The van der Waals surface area contributed by atoms with Crippen LogP contribution in [0.1, 0.15) is 0 Å². The van der Waals surface area contributed by atoms with Crippen LogP contribution in [-0.4, -0.2) is 15.0 Å². The van der Waals surface area contributed by atoms with Gasteiger partial charge in [0.15, 0.2) is 0 Å². The van der Waals surface area contributed by atoms with Crippen LogP contribution in [0.5, 0.6) is 0 Å². The molecule has 2 heterocycles. The van der Waals surface area contributed by atoms with Gasteiger partial charge in [-0.15, -0.1) is 0 Å². The molecule has 0 aliphatic carbocycles. The third-order valence-electron chi connectivity index (χ3n) is 1.67. The summed E-state index contributed by atoms with van der Waals surface area (Å²) in [5.74, 6) is 0.266. The van der Waals surface area contributed by atoms with Gasteiger partial charge in [-0.2, -0.15) is 0 Å². The van der Waals surface area contributed by atoms with E-state index in [9.17, 15) is 0 Å². The van der Waals surface area contributed by atoms with Crippen molar-refractivity contribution in [3.05, 3.63) is 35.2 Å². The zero-order chi connectivity index (χ0) is 9.97. The lowest BCUT2D eigenvalue weighted by molar-refractivity contribution is 1.18. The van der Waals surface area contributed by atoms with Crippen LogP contribution in [-0.2, 0) is 0 Å². The van der Waals surface area contributed by atoms with E-state index in [2.05, 4.69) is 30.9 Å². The van der Waals surface area contributed by atoms with Gasteiger partial charge in [0, 0.05) is 28.6 Å². The molecule has 0 radical (unpaired) electrons. The van der Waals surface area contributed by atoms with Crippen molar-refractivity contribution in [2.75, 3.05) is 5.73 Å². The molecule has 0 bridgehead atoms. The highest BCUT2D eigenvalue weighted by Gasteiger charge is 2.00. The van der Waals surface area contributed by atoms with Crippen LogP contribution < -0.4 is 5.73 Å². The van der Waals surface area contributed by atoms with Gasteiger partial charge in [-0.25, -0.2) is 9.97 Å². The summed E-state index contributed by atoms with van der Waals surface area (Å²) in [6, 6.07) is 3.72. The maximum atomic E-state index is 5.48. The quantitative estimate of drug-likeness (QED) is 0.840. The minimum absolute atomic E-state index is 0.266. The Morgan fingerprint density at radius 3 is 2.86 bits per heavy atom. The van der Waals surface area contributed by atoms with E-state index in [0.29, 0.717) is 0 Å². The predicted octanol–water partition coefficient (Wildman–Crippen LogP) is 1.88.